The van der Waals surface area contributed by atoms with E-state index in [1.807, 2.05) is 6.07 Å². The third kappa shape index (κ3) is 2.92. The van der Waals surface area contributed by atoms with Crippen LogP contribution in [0.1, 0.15) is 52.6 Å². The largest absolute Gasteiger partial charge is 0.207 e. The Kier molecular flexibility index (Phi) is 3.79. The second-order valence-corrected chi connectivity index (χ2v) is 6.56. The Labute approximate surface area is 132 Å². The van der Waals surface area contributed by atoms with Crippen molar-refractivity contribution < 1.29 is 4.39 Å². The molecule has 1 fully saturated rings. The molecular formula is C21H21F. The van der Waals surface area contributed by atoms with Gasteiger partial charge >= 0.3 is 0 Å². The van der Waals surface area contributed by atoms with Gasteiger partial charge in [0.1, 0.15) is 5.82 Å². The molecule has 0 N–H and O–H groups in total. The van der Waals surface area contributed by atoms with Crippen molar-refractivity contribution in [3.05, 3.63) is 69.5 Å². The summed E-state index contributed by atoms with van der Waals surface area (Å²) in [5.41, 5.74) is 6.41. The Morgan fingerprint density at radius 1 is 0.955 bits per heavy atom. The zero-order valence-corrected chi connectivity index (χ0v) is 13.6. The molecule has 0 radical (unpaired) electrons. The molecule has 1 heteroatoms. The fourth-order valence-electron chi connectivity index (χ4n) is 2.94. The standard InChI is InChI=1S/C21H21F/c1-13-5-6-17(12-21(13)22)7-8-18-9-15(3)19(10-14(18)2)20-11-16(20)4/h5-6,9-10,12,16,20H,11H2,1-4H3. The van der Waals surface area contributed by atoms with E-state index in [0.29, 0.717) is 5.56 Å². The number of rotatable bonds is 1. The maximum absolute atomic E-state index is 13.6. The summed E-state index contributed by atoms with van der Waals surface area (Å²) in [5.74, 6) is 7.62. The summed E-state index contributed by atoms with van der Waals surface area (Å²) < 4.78 is 13.6. The van der Waals surface area contributed by atoms with Crippen molar-refractivity contribution in [1.29, 1.82) is 0 Å². The van der Waals surface area contributed by atoms with Crippen molar-refractivity contribution in [3.63, 3.8) is 0 Å². The van der Waals surface area contributed by atoms with E-state index < -0.39 is 0 Å². The van der Waals surface area contributed by atoms with E-state index in [9.17, 15) is 4.39 Å². The van der Waals surface area contributed by atoms with Gasteiger partial charge in [0, 0.05) is 11.1 Å². The van der Waals surface area contributed by atoms with Gasteiger partial charge in [-0.1, -0.05) is 30.9 Å². The lowest BCUT2D eigenvalue weighted by Gasteiger charge is -2.08. The van der Waals surface area contributed by atoms with Crippen LogP contribution in [0.3, 0.4) is 0 Å². The van der Waals surface area contributed by atoms with E-state index in [2.05, 4.69) is 44.7 Å². The summed E-state index contributed by atoms with van der Waals surface area (Å²) in [6.07, 6.45) is 1.30. The van der Waals surface area contributed by atoms with Gasteiger partial charge in [-0.3, -0.25) is 0 Å². The first-order valence-corrected chi connectivity index (χ1v) is 7.85. The zero-order valence-electron chi connectivity index (χ0n) is 13.6. The lowest BCUT2D eigenvalue weighted by Crippen LogP contribution is -1.93. The van der Waals surface area contributed by atoms with Crippen LogP contribution in [0.4, 0.5) is 4.39 Å². The molecule has 3 rings (SSSR count). The molecular weight excluding hydrogens is 271 g/mol. The van der Waals surface area contributed by atoms with Crippen molar-refractivity contribution in [1.82, 2.24) is 0 Å². The van der Waals surface area contributed by atoms with E-state index in [1.165, 1.54) is 29.2 Å². The van der Waals surface area contributed by atoms with Crippen molar-refractivity contribution in [2.75, 3.05) is 0 Å². The highest BCUT2D eigenvalue weighted by atomic mass is 19.1. The minimum atomic E-state index is -0.197. The van der Waals surface area contributed by atoms with Crippen LogP contribution in [0.15, 0.2) is 30.3 Å². The van der Waals surface area contributed by atoms with Crippen LogP contribution >= 0.6 is 0 Å². The lowest BCUT2D eigenvalue weighted by molar-refractivity contribution is 0.618. The summed E-state index contributed by atoms with van der Waals surface area (Å²) >= 11 is 0. The summed E-state index contributed by atoms with van der Waals surface area (Å²) in [6.45, 7) is 8.34. The number of hydrogen-bond donors (Lipinski definition) is 0. The first-order valence-electron chi connectivity index (χ1n) is 7.85. The van der Waals surface area contributed by atoms with E-state index >= 15 is 0 Å². The molecule has 0 aliphatic heterocycles. The Balaban J connectivity index is 1.91. The molecule has 1 aliphatic rings. The number of aryl methyl sites for hydroxylation is 3. The average Bonchev–Trinajstić information content (AvgIpc) is 3.19. The molecule has 0 bridgehead atoms. The average molecular weight is 292 g/mol. The quantitative estimate of drug-likeness (QED) is 0.628. The maximum Gasteiger partial charge on any atom is 0.127 e. The van der Waals surface area contributed by atoms with Crippen LogP contribution < -0.4 is 0 Å². The fourth-order valence-corrected chi connectivity index (χ4v) is 2.94. The SMILES string of the molecule is Cc1ccc(C#Cc2cc(C)c(C3CC3C)cc2C)cc1F. The normalized spacial score (nSPS) is 19.5. The van der Waals surface area contributed by atoms with Gasteiger partial charge < -0.3 is 0 Å². The van der Waals surface area contributed by atoms with Gasteiger partial charge in [-0.2, -0.15) is 0 Å². The Morgan fingerprint density at radius 2 is 1.68 bits per heavy atom. The van der Waals surface area contributed by atoms with Crippen molar-refractivity contribution in [2.45, 2.75) is 40.0 Å². The maximum atomic E-state index is 13.6. The number of halogens is 1. The highest BCUT2D eigenvalue weighted by Crippen LogP contribution is 2.48. The van der Waals surface area contributed by atoms with E-state index in [-0.39, 0.29) is 5.82 Å². The smallest absolute Gasteiger partial charge is 0.127 e. The van der Waals surface area contributed by atoms with E-state index in [1.54, 1.807) is 13.0 Å². The summed E-state index contributed by atoms with van der Waals surface area (Å²) in [5, 5.41) is 0. The first kappa shape index (κ1) is 14.9. The van der Waals surface area contributed by atoms with Crippen molar-refractivity contribution >= 4 is 0 Å². The van der Waals surface area contributed by atoms with Crippen LogP contribution in [-0.2, 0) is 0 Å². The Morgan fingerprint density at radius 3 is 2.32 bits per heavy atom. The van der Waals surface area contributed by atoms with Gasteiger partial charge in [0.15, 0.2) is 0 Å². The molecule has 0 spiro atoms. The molecule has 2 aromatic rings. The van der Waals surface area contributed by atoms with Gasteiger partial charge in [-0.05, 0) is 79.5 Å². The molecule has 1 aliphatic carbocycles. The summed E-state index contributed by atoms with van der Waals surface area (Å²) in [6, 6.07) is 9.60. The molecule has 0 aromatic heterocycles. The second kappa shape index (κ2) is 5.61. The number of benzene rings is 2. The lowest BCUT2D eigenvalue weighted by atomic mass is 9.96. The van der Waals surface area contributed by atoms with Crippen LogP contribution in [0.25, 0.3) is 0 Å². The predicted octanol–water partition coefficient (Wildman–Crippen LogP) is 5.27. The van der Waals surface area contributed by atoms with Gasteiger partial charge in [0.05, 0.1) is 0 Å². The highest BCUT2D eigenvalue weighted by Gasteiger charge is 2.35. The molecule has 2 atom stereocenters. The summed E-state index contributed by atoms with van der Waals surface area (Å²) in [7, 11) is 0. The van der Waals surface area contributed by atoms with Crippen LogP contribution in [0, 0.1) is 44.3 Å². The zero-order chi connectivity index (χ0) is 15.9. The third-order valence-electron chi connectivity index (χ3n) is 4.64. The molecule has 2 unspecified atom stereocenters. The Hall–Kier alpha value is -2.07. The van der Waals surface area contributed by atoms with Crippen LogP contribution in [0.5, 0.6) is 0 Å². The van der Waals surface area contributed by atoms with Crippen LogP contribution in [0.2, 0.25) is 0 Å². The molecule has 2 aromatic carbocycles. The monoisotopic (exact) mass is 292 g/mol. The van der Waals surface area contributed by atoms with Gasteiger partial charge in [0.25, 0.3) is 0 Å². The van der Waals surface area contributed by atoms with Crippen molar-refractivity contribution in [2.24, 2.45) is 5.92 Å². The first-order chi connectivity index (χ1) is 10.5. The van der Waals surface area contributed by atoms with Gasteiger partial charge in [0.2, 0.25) is 0 Å². The van der Waals surface area contributed by atoms with E-state index in [4.69, 9.17) is 0 Å². The Bertz CT molecular complexity index is 790. The third-order valence-corrected chi connectivity index (χ3v) is 4.64. The molecule has 0 saturated heterocycles. The van der Waals surface area contributed by atoms with Crippen LogP contribution in [-0.4, -0.2) is 0 Å². The molecule has 0 heterocycles. The minimum Gasteiger partial charge on any atom is -0.207 e. The van der Waals surface area contributed by atoms with Gasteiger partial charge in [-0.25, -0.2) is 4.39 Å². The summed E-state index contributed by atoms with van der Waals surface area (Å²) in [4.78, 5) is 0. The predicted molar refractivity (Wildman–Crippen MR) is 89.6 cm³/mol. The topological polar surface area (TPSA) is 0 Å². The van der Waals surface area contributed by atoms with Crippen molar-refractivity contribution in [3.8, 4) is 11.8 Å². The minimum absolute atomic E-state index is 0.197. The molecule has 112 valence electrons. The molecule has 0 amide bonds. The highest BCUT2D eigenvalue weighted by molar-refractivity contribution is 5.51. The molecule has 1 saturated carbocycles. The second-order valence-electron chi connectivity index (χ2n) is 6.56. The fraction of sp³-hybridized carbons (Fsp3) is 0.333. The van der Waals surface area contributed by atoms with Gasteiger partial charge in [-0.15, -0.1) is 0 Å². The molecule has 22 heavy (non-hydrogen) atoms. The number of hydrogen-bond acceptors (Lipinski definition) is 0. The molecule has 0 nitrogen and oxygen atoms in total. The van der Waals surface area contributed by atoms with E-state index in [0.717, 1.165) is 23.0 Å².